The molecule has 26 heavy (non-hydrogen) atoms. The van der Waals surface area contributed by atoms with Crippen LogP contribution in [0.25, 0.3) is 0 Å². The summed E-state index contributed by atoms with van der Waals surface area (Å²) < 4.78 is 5.09. The minimum absolute atomic E-state index is 0.0177. The largest absolute Gasteiger partial charge is 0.469 e. The molecule has 4 aliphatic carbocycles. The van der Waals surface area contributed by atoms with Crippen LogP contribution in [-0.4, -0.2) is 24.3 Å². The minimum Gasteiger partial charge on any atom is -0.469 e. The number of carbonyl (C=O) groups is 1. The molecule has 0 radical (unpaired) electrons. The molecule has 0 aromatic rings. The van der Waals surface area contributed by atoms with Crippen molar-refractivity contribution in [3.8, 4) is 0 Å². The highest BCUT2D eigenvalue weighted by Gasteiger charge is 2.61. The molecule has 148 valence electrons. The van der Waals surface area contributed by atoms with Gasteiger partial charge in [0.1, 0.15) is 0 Å². The van der Waals surface area contributed by atoms with Crippen molar-refractivity contribution in [1.82, 2.24) is 0 Å². The summed E-state index contributed by atoms with van der Waals surface area (Å²) in [5.74, 6) is 3.67. The molecule has 0 aromatic heterocycles. The first kappa shape index (κ1) is 18.8. The van der Waals surface area contributed by atoms with Crippen molar-refractivity contribution in [2.75, 3.05) is 7.11 Å². The van der Waals surface area contributed by atoms with Crippen LogP contribution in [0.3, 0.4) is 0 Å². The van der Waals surface area contributed by atoms with Gasteiger partial charge in [-0.2, -0.15) is 0 Å². The number of esters is 1. The van der Waals surface area contributed by atoms with E-state index < -0.39 is 0 Å². The van der Waals surface area contributed by atoms with E-state index in [1.807, 2.05) is 0 Å². The van der Waals surface area contributed by atoms with Gasteiger partial charge < -0.3 is 9.84 Å². The van der Waals surface area contributed by atoms with Crippen LogP contribution in [0.15, 0.2) is 0 Å². The first-order valence-corrected chi connectivity index (χ1v) is 11.1. The maximum Gasteiger partial charge on any atom is 0.308 e. The van der Waals surface area contributed by atoms with Gasteiger partial charge in [-0.25, -0.2) is 0 Å². The summed E-state index contributed by atoms with van der Waals surface area (Å²) in [6, 6.07) is 0. The summed E-state index contributed by atoms with van der Waals surface area (Å²) in [5.41, 5.74) is 0.752. The average Bonchev–Trinajstić information content (AvgIpc) is 2.98. The summed E-state index contributed by atoms with van der Waals surface area (Å²) >= 11 is 0. The van der Waals surface area contributed by atoms with Crippen molar-refractivity contribution in [3.63, 3.8) is 0 Å². The molecule has 4 saturated carbocycles. The Kier molecular flexibility index (Phi) is 4.69. The highest BCUT2D eigenvalue weighted by molar-refractivity contribution is 5.72. The molecule has 4 aliphatic rings. The quantitative estimate of drug-likeness (QED) is 0.717. The summed E-state index contributed by atoms with van der Waals surface area (Å²) in [4.78, 5) is 12.2. The first-order chi connectivity index (χ1) is 12.3. The van der Waals surface area contributed by atoms with Crippen LogP contribution in [-0.2, 0) is 9.53 Å². The SMILES string of the molecule is COC(=O)[C@H](C)[C@H]1CC[C@H]2[C@@H]3CC[C@H]4C[C@@H](O)CC[C@]4(C)[C@H]3CC[C@]12C. The topological polar surface area (TPSA) is 46.5 Å². The van der Waals surface area contributed by atoms with Crippen molar-refractivity contribution in [2.45, 2.75) is 84.7 Å². The Morgan fingerprint density at radius 1 is 1.00 bits per heavy atom. The molecule has 0 bridgehead atoms. The Hall–Kier alpha value is -0.570. The van der Waals surface area contributed by atoms with Gasteiger partial charge in [0.2, 0.25) is 0 Å². The standard InChI is InChI=1S/C23H38O3/c1-14(21(25)26-4)18-7-8-19-17-6-5-15-13-16(24)9-11-22(15,2)20(17)10-12-23(18,19)3/h14-20,24H,5-13H2,1-4H3/t14-,15+,16+,17+,18-,19+,20+,22+,23-/m1/s1. The lowest BCUT2D eigenvalue weighted by Crippen LogP contribution is -2.54. The van der Waals surface area contributed by atoms with E-state index in [1.165, 1.54) is 52.1 Å². The maximum atomic E-state index is 12.2. The number of carbonyl (C=O) groups excluding carboxylic acids is 1. The molecule has 9 atom stereocenters. The highest BCUT2D eigenvalue weighted by Crippen LogP contribution is 2.68. The van der Waals surface area contributed by atoms with Crippen LogP contribution in [0.5, 0.6) is 0 Å². The van der Waals surface area contributed by atoms with E-state index in [0.29, 0.717) is 16.7 Å². The molecular formula is C23H38O3. The van der Waals surface area contributed by atoms with E-state index >= 15 is 0 Å². The lowest BCUT2D eigenvalue weighted by molar-refractivity contribution is -0.153. The third-order valence-corrected chi connectivity index (χ3v) is 9.89. The zero-order chi connectivity index (χ0) is 18.7. The van der Waals surface area contributed by atoms with Crippen molar-refractivity contribution < 1.29 is 14.6 Å². The van der Waals surface area contributed by atoms with Gasteiger partial charge >= 0.3 is 5.97 Å². The number of ether oxygens (including phenoxy) is 1. The number of aliphatic hydroxyl groups excluding tert-OH is 1. The van der Waals surface area contributed by atoms with E-state index in [9.17, 15) is 9.90 Å². The third-order valence-electron chi connectivity index (χ3n) is 9.89. The average molecular weight is 363 g/mol. The minimum atomic E-state index is -0.0600. The van der Waals surface area contributed by atoms with E-state index in [4.69, 9.17) is 4.74 Å². The van der Waals surface area contributed by atoms with Gasteiger partial charge in [0.25, 0.3) is 0 Å². The number of methoxy groups -OCH3 is 1. The molecule has 0 unspecified atom stereocenters. The van der Waals surface area contributed by atoms with Gasteiger partial charge in [-0.05, 0) is 98.2 Å². The number of fused-ring (bicyclic) bond motifs is 5. The van der Waals surface area contributed by atoms with E-state index in [1.54, 1.807) is 0 Å². The van der Waals surface area contributed by atoms with Gasteiger partial charge in [0.05, 0.1) is 19.1 Å². The van der Waals surface area contributed by atoms with Gasteiger partial charge in [-0.15, -0.1) is 0 Å². The maximum absolute atomic E-state index is 12.2. The predicted molar refractivity (Wildman–Crippen MR) is 102 cm³/mol. The molecular weight excluding hydrogens is 324 g/mol. The van der Waals surface area contributed by atoms with E-state index in [2.05, 4.69) is 20.8 Å². The normalized spacial score (nSPS) is 51.7. The van der Waals surface area contributed by atoms with Crippen molar-refractivity contribution >= 4 is 5.97 Å². The fourth-order valence-corrected chi connectivity index (χ4v) is 8.45. The number of aliphatic hydroxyl groups is 1. The smallest absolute Gasteiger partial charge is 0.308 e. The molecule has 1 N–H and O–H groups in total. The number of rotatable bonds is 2. The van der Waals surface area contributed by atoms with Crippen LogP contribution < -0.4 is 0 Å². The van der Waals surface area contributed by atoms with Crippen LogP contribution in [0.2, 0.25) is 0 Å². The van der Waals surface area contributed by atoms with Crippen molar-refractivity contribution in [1.29, 1.82) is 0 Å². The van der Waals surface area contributed by atoms with Crippen LogP contribution in [0.4, 0.5) is 0 Å². The molecule has 0 heterocycles. The Morgan fingerprint density at radius 2 is 1.69 bits per heavy atom. The lowest BCUT2D eigenvalue weighted by Gasteiger charge is -2.61. The predicted octanol–water partition coefficient (Wildman–Crippen LogP) is 4.82. The second-order valence-corrected chi connectivity index (χ2v) is 10.6. The molecule has 3 nitrogen and oxygen atoms in total. The van der Waals surface area contributed by atoms with Gasteiger partial charge in [-0.1, -0.05) is 20.8 Å². The highest BCUT2D eigenvalue weighted by atomic mass is 16.5. The second kappa shape index (κ2) is 6.50. The molecule has 0 aliphatic heterocycles. The fraction of sp³-hybridized carbons (Fsp3) is 0.957. The summed E-state index contributed by atoms with van der Waals surface area (Å²) in [5, 5.41) is 10.2. The van der Waals surface area contributed by atoms with Crippen molar-refractivity contribution in [2.24, 2.45) is 46.3 Å². The lowest BCUT2D eigenvalue weighted by atomic mass is 9.44. The molecule has 3 heteroatoms. The molecule has 4 rings (SSSR count). The first-order valence-electron chi connectivity index (χ1n) is 11.1. The van der Waals surface area contributed by atoms with E-state index in [0.717, 1.165) is 36.5 Å². The molecule has 0 aromatic carbocycles. The third kappa shape index (κ3) is 2.59. The van der Waals surface area contributed by atoms with Gasteiger partial charge in [-0.3, -0.25) is 4.79 Å². The molecule has 0 amide bonds. The monoisotopic (exact) mass is 362 g/mol. The summed E-state index contributed by atoms with van der Waals surface area (Å²) in [6.45, 7) is 7.13. The zero-order valence-electron chi connectivity index (χ0n) is 17.2. The molecule has 4 fully saturated rings. The fourth-order valence-electron chi connectivity index (χ4n) is 8.45. The molecule has 0 saturated heterocycles. The van der Waals surface area contributed by atoms with Gasteiger partial charge in [0, 0.05) is 0 Å². The van der Waals surface area contributed by atoms with Crippen LogP contribution in [0, 0.1) is 46.3 Å². The summed E-state index contributed by atoms with van der Waals surface area (Å²) in [6.07, 6.45) is 10.9. The Labute approximate surface area is 159 Å². The van der Waals surface area contributed by atoms with Gasteiger partial charge in [0.15, 0.2) is 0 Å². The molecule has 0 spiro atoms. The zero-order valence-corrected chi connectivity index (χ0v) is 17.2. The number of hydrogen-bond donors (Lipinski definition) is 1. The second-order valence-electron chi connectivity index (χ2n) is 10.6. The number of hydrogen-bond acceptors (Lipinski definition) is 3. The Balaban J connectivity index is 1.57. The Bertz CT molecular complexity index is 560. The van der Waals surface area contributed by atoms with Crippen molar-refractivity contribution in [3.05, 3.63) is 0 Å². The summed E-state index contributed by atoms with van der Waals surface area (Å²) in [7, 11) is 1.53. The Morgan fingerprint density at radius 3 is 2.42 bits per heavy atom. The van der Waals surface area contributed by atoms with Crippen LogP contribution >= 0.6 is 0 Å². The van der Waals surface area contributed by atoms with E-state index in [-0.39, 0.29) is 18.0 Å². The van der Waals surface area contributed by atoms with Crippen LogP contribution in [0.1, 0.15) is 78.6 Å².